The maximum absolute atomic E-state index is 13.6. The molecule has 9 heteroatoms. The highest BCUT2D eigenvalue weighted by atomic mass is 16.5. The van der Waals surface area contributed by atoms with Gasteiger partial charge in [-0.3, -0.25) is 9.67 Å². The van der Waals surface area contributed by atoms with Crippen LogP contribution in [0.2, 0.25) is 0 Å². The Labute approximate surface area is 186 Å². The Morgan fingerprint density at radius 1 is 1.06 bits per heavy atom. The van der Waals surface area contributed by atoms with Gasteiger partial charge in [-0.25, -0.2) is 0 Å². The van der Waals surface area contributed by atoms with Crippen LogP contribution in [0.1, 0.15) is 28.2 Å². The van der Waals surface area contributed by atoms with Crippen molar-refractivity contribution in [2.75, 3.05) is 6.67 Å². The summed E-state index contributed by atoms with van der Waals surface area (Å²) in [6.45, 7) is 4.54. The van der Waals surface area contributed by atoms with E-state index in [2.05, 4.69) is 10.1 Å². The highest BCUT2D eigenvalue weighted by Crippen LogP contribution is 2.35. The number of rotatable bonds is 4. The van der Waals surface area contributed by atoms with E-state index in [4.69, 9.17) is 10.7 Å². The molecule has 1 aromatic carbocycles. The molecule has 0 bridgehead atoms. The van der Waals surface area contributed by atoms with Crippen LogP contribution < -0.4 is 5.73 Å². The van der Waals surface area contributed by atoms with Crippen LogP contribution in [0, 0.1) is 19.1 Å². The average Bonchev–Trinajstić information content (AvgIpc) is 3.32. The van der Waals surface area contributed by atoms with Gasteiger partial charge in [-0.15, -0.1) is 0 Å². The van der Waals surface area contributed by atoms with Crippen molar-refractivity contribution in [3.63, 3.8) is 0 Å². The quantitative estimate of drug-likeness (QED) is 0.505. The Morgan fingerprint density at radius 3 is 2.44 bits per heavy atom. The Bertz CT molecular complexity index is 1270. The molecule has 5 rings (SSSR count). The van der Waals surface area contributed by atoms with E-state index in [0.717, 1.165) is 38.6 Å². The van der Waals surface area contributed by atoms with Gasteiger partial charge in [0.1, 0.15) is 12.1 Å². The molecular formula is C23H24N8O. The van der Waals surface area contributed by atoms with Gasteiger partial charge in [0.2, 0.25) is 0 Å². The van der Waals surface area contributed by atoms with Crippen LogP contribution in [0.5, 0.6) is 0 Å². The molecule has 9 nitrogen and oxygen atoms in total. The smallest absolute Gasteiger partial charge is 0.318 e. The second-order valence-corrected chi connectivity index (χ2v) is 8.01. The molecule has 3 aromatic rings. The van der Waals surface area contributed by atoms with Crippen molar-refractivity contribution in [2.45, 2.75) is 20.4 Å². The third kappa shape index (κ3) is 3.37. The molecule has 32 heavy (non-hydrogen) atoms. The Hall–Kier alpha value is -4.14. The number of aliphatic imine (C=N–C) groups is 1. The number of aryl methyl sites for hydroxylation is 3. The largest absolute Gasteiger partial charge is 0.692 e. The van der Waals surface area contributed by atoms with Crippen molar-refractivity contribution >= 4 is 23.1 Å². The Morgan fingerprint density at radius 2 is 1.78 bits per heavy atom. The molecule has 0 fully saturated rings. The zero-order valence-corrected chi connectivity index (χ0v) is 18.2. The van der Waals surface area contributed by atoms with Crippen LogP contribution in [0.3, 0.4) is 0 Å². The summed E-state index contributed by atoms with van der Waals surface area (Å²) in [4.78, 5) is 11.9. The lowest BCUT2D eigenvalue weighted by atomic mass is 9.96. The lowest BCUT2D eigenvalue weighted by Gasteiger charge is -2.21. The molecule has 0 aliphatic carbocycles. The van der Waals surface area contributed by atoms with Gasteiger partial charge in [0.25, 0.3) is 5.96 Å². The van der Waals surface area contributed by atoms with Gasteiger partial charge in [-0.05, 0) is 37.6 Å². The summed E-state index contributed by atoms with van der Waals surface area (Å²) >= 11 is 0. The zero-order valence-electron chi connectivity index (χ0n) is 18.2. The van der Waals surface area contributed by atoms with Gasteiger partial charge in [0.15, 0.2) is 6.67 Å². The first-order valence-electron chi connectivity index (χ1n) is 10.4. The Kier molecular flexibility index (Phi) is 4.66. The number of guanidine groups is 1. The van der Waals surface area contributed by atoms with E-state index >= 15 is 0 Å². The van der Waals surface area contributed by atoms with Crippen molar-refractivity contribution in [2.24, 2.45) is 17.8 Å². The standard InChI is InChI=1S/C23H24N8O/c1-15-11-18(12-16(2)25-15)20-21(17-7-5-4-6-8-17)26-23(24)30-14-29(31(32)22(20)30)13-19-9-10-28(3)27-19/h4-12H,13-14H2,1-3H3,(H2,24,26). The zero-order chi connectivity index (χ0) is 22.4. The van der Waals surface area contributed by atoms with Crippen molar-refractivity contribution < 1.29 is 4.85 Å². The summed E-state index contributed by atoms with van der Waals surface area (Å²) in [6.07, 6.45) is 1.86. The summed E-state index contributed by atoms with van der Waals surface area (Å²) < 4.78 is 1.72. The number of nitrogens with zero attached hydrogens (tertiary/aromatic N) is 7. The first-order chi connectivity index (χ1) is 15.4. The van der Waals surface area contributed by atoms with E-state index in [1.807, 2.05) is 75.6 Å². The van der Waals surface area contributed by atoms with E-state index in [-0.39, 0.29) is 5.96 Å². The van der Waals surface area contributed by atoms with Gasteiger partial charge in [0, 0.05) is 30.2 Å². The topological polar surface area (TPSA) is 102 Å². The predicted molar refractivity (Wildman–Crippen MR) is 123 cm³/mol. The van der Waals surface area contributed by atoms with Crippen LogP contribution in [-0.4, -0.2) is 48.0 Å². The number of aromatic nitrogens is 3. The van der Waals surface area contributed by atoms with E-state index in [1.54, 1.807) is 14.6 Å². The maximum atomic E-state index is 13.6. The van der Waals surface area contributed by atoms with Crippen LogP contribution in [0.4, 0.5) is 0 Å². The minimum absolute atomic E-state index is 0.287. The minimum Gasteiger partial charge on any atom is -0.692 e. The second kappa shape index (κ2) is 7.52. The number of hydrogen-bond donors (Lipinski definition) is 1. The van der Waals surface area contributed by atoms with Crippen LogP contribution in [-0.2, 0) is 13.6 Å². The molecule has 2 aliphatic rings. The molecule has 4 heterocycles. The summed E-state index contributed by atoms with van der Waals surface area (Å²) in [5.41, 5.74) is 12.1. The summed E-state index contributed by atoms with van der Waals surface area (Å²) in [7, 11) is 1.85. The van der Waals surface area contributed by atoms with E-state index < -0.39 is 0 Å². The molecule has 0 unspecified atom stereocenters. The molecule has 2 aromatic heterocycles. The van der Waals surface area contributed by atoms with Crippen LogP contribution >= 0.6 is 0 Å². The number of benzene rings is 1. The monoisotopic (exact) mass is 428 g/mol. The van der Waals surface area contributed by atoms with Crippen molar-refractivity contribution in [3.8, 4) is 0 Å². The molecule has 0 radical (unpaired) electrons. The molecule has 0 amide bonds. The fraction of sp³-hybridized carbons (Fsp3) is 0.217. The second-order valence-electron chi connectivity index (χ2n) is 8.01. The van der Waals surface area contributed by atoms with Crippen LogP contribution in [0.15, 0.2) is 59.7 Å². The van der Waals surface area contributed by atoms with E-state index in [9.17, 15) is 5.21 Å². The molecule has 2 aliphatic heterocycles. The lowest BCUT2D eigenvalue weighted by Crippen LogP contribution is -2.44. The third-order valence-corrected chi connectivity index (χ3v) is 5.49. The SMILES string of the molecule is Cc1cc(C2=C(c3ccccc3)N=C(N)N3CN(Cc4ccn(C)n4)[N+]([O-])=C23)cc(C)n1. The van der Waals surface area contributed by atoms with Gasteiger partial charge in [-0.1, -0.05) is 30.3 Å². The average molecular weight is 429 g/mol. The predicted octanol–water partition coefficient (Wildman–Crippen LogP) is 2.23. The van der Waals surface area contributed by atoms with E-state index in [1.165, 1.54) is 0 Å². The van der Waals surface area contributed by atoms with Gasteiger partial charge in [-0.2, -0.15) is 24.8 Å². The number of hydrazine groups is 1. The van der Waals surface area contributed by atoms with E-state index in [0.29, 0.717) is 24.7 Å². The number of fused-ring (bicyclic) bond motifs is 1. The number of nitrogens with two attached hydrogens (primary N) is 1. The fourth-order valence-corrected chi connectivity index (χ4v) is 4.17. The molecule has 0 atom stereocenters. The molecule has 0 saturated heterocycles. The highest BCUT2D eigenvalue weighted by molar-refractivity contribution is 6.33. The van der Waals surface area contributed by atoms with Gasteiger partial charge in [0.05, 0.1) is 11.4 Å². The number of pyridine rings is 1. The minimum atomic E-state index is 0.287. The summed E-state index contributed by atoms with van der Waals surface area (Å²) in [5, 5.41) is 19.7. The first kappa shape index (κ1) is 19.8. The maximum Gasteiger partial charge on any atom is 0.318 e. The van der Waals surface area contributed by atoms with Crippen LogP contribution in [0.25, 0.3) is 11.3 Å². The first-order valence-corrected chi connectivity index (χ1v) is 10.4. The van der Waals surface area contributed by atoms with Crippen molar-refractivity contribution in [3.05, 3.63) is 88.1 Å². The van der Waals surface area contributed by atoms with Gasteiger partial charge < -0.3 is 10.9 Å². The molecule has 0 saturated carbocycles. The third-order valence-electron chi connectivity index (χ3n) is 5.49. The molecule has 162 valence electrons. The number of hydrogen-bond acceptors (Lipinski definition) is 7. The fourth-order valence-electron chi connectivity index (χ4n) is 4.17. The number of amidine groups is 1. The summed E-state index contributed by atoms with van der Waals surface area (Å²) in [6, 6.07) is 15.6. The number of hydrazone groups is 1. The van der Waals surface area contributed by atoms with Crippen molar-refractivity contribution in [1.29, 1.82) is 0 Å². The highest BCUT2D eigenvalue weighted by Gasteiger charge is 2.44. The normalized spacial score (nSPS) is 16.0. The van der Waals surface area contributed by atoms with Crippen molar-refractivity contribution in [1.82, 2.24) is 24.7 Å². The summed E-state index contributed by atoms with van der Waals surface area (Å²) in [5.74, 6) is 0.742. The van der Waals surface area contributed by atoms with Gasteiger partial charge >= 0.3 is 5.84 Å². The molecule has 0 spiro atoms. The Balaban J connectivity index is 1.71. The lowest BCUT2D eigenvalue weighted by molar-refractivity contribution is -0.630. The molecular weight excluding hydrogens is 404 g/mol. The molecule has 2 N–H and O–H groups in total.